The Bertz CT molecular complexity index is 697. The molecule has 1 aromatic heterocycles. The number of sulfonamides is 1. The van der Waals surface area contributed by atoms with E-state index in [9.17, 15) is 8.42 Å². The molecule has 0 aliphatic heterocycles. The summed E-state index contributed by atoms with van der Waals surface area (Å²) in [5.74, 6) is 0.572. The molecule has 0 aliphatic rings. The van der Waals surface area contributed by atoms with Crippen molar-refractivity contribution in [2.45, 2.75) is 0 Å². The smallest absolute Gasteiger partial charge is 0.231 e. The molecule has 7 nitrogen and oxygen atoms in total. The second-order valence-corrected chi connectivity index (χ2v) is 6.47. The highest BCUT2D eigenvalue weighted by atomic mass is 32.2. The molecule has 2 rings (SSSR count). The van der Waals surface area contributed by atoms with Crippen LogP contribution in [0, 0.1) is 0 Å². The number of aromatic nitrogens is 2. The van der Waals surface area contributed by atoms with Gasteiger partial charge in [-0.25, -0.2) is 8.42 Å². The third kappa shape index (κ3) is 3.32. The van der Waals surface area contributed by atoms with Gasteiger partial charge in [0.05, 0.1) is 19.1 Å². The fraction of sp³-hybridized carbons (Fsp3) is 0.200. The summed E-state index contributed by atoms with van der Waals surface area (Å²) >= 11 is 1.13. The van der Waals surface area contributed by atoms with E-state index in [4.69, 9.17) is 10.5 Å². The lowest BCUT2D eigenvalue weighted by atomic mass is 10.2. The first-order valence-electron chi connectivity index (χ1n) is 5.14. The van der Waals surface area contributed by atoms with Gasteiger partial charge in [-0.05, 0) is 18.2 Å². The second kappa shape index (κ2) is 5.02. The number of anilines is 2. The van der Waals surface area contributed by atoms with E-state index >= 15 is 0 Å². The Morgan fingerprint density at radius 3 is 2.68 bits per heavy atom. The zero-order valence-electron chi connectivity index (χ0n) is 10.2. The second-order valence-electron chi connectivity index (χ2n) is 3.74. The number of rotatable bonds is 4. The maximum Gasteiger partial charge on any atom is 0.231 e. The summed E-state index contributed by atoms with van der Waals surface area (Å²) in [7, 11) is -1.82. The van der Waals surface area contributed by atoms with E-state index in [0.29, 0.717) is 16.4 Å². The van der Waals surface area contributed by atoms with Crippen LogP contribution in [0.2, 0.25) is 0 Å². The number of nitrogen functional groups attached to an aromatic ring is 1. The van der Waals surface area contributed by atoms with Crippen molar-refractivity contribution in [1.82, 2.24) is 10.2 Å². The van der Waals surface area contributed by atoms with Crippen LogP contribution in [0.1, 0.15) is 0 Å². The normalized spacial score (nSPS) is 11.3. The summed E-state index contributed by atoms with van der Waals surface area (Å²) in [5, 5.41) is 8.45. The monoisotopic (exact) mass is 300 g/mol. The van der Waals surface area contributed by atoms with E-state index in [1.165, 1.54) is 7.11 Å². The number of hydrogen-bond donors (Lipinski definition) is 2. The van der Waals surface area contributed by atoms with Gasteiger partial charge >= 0.3 is 0 Å². The maximum atomic E-state index is 11.1. The molecule has 19 heavy (non-hydrogen) atoms. The fourth-order valence-electron chi connectivity index (χ4n) is 1.41. The number of nitrogens with zero attached hydrogens (tertiary/aromatic N) is 2. The highest BCUT2D eigenvalue weighted by Gasteiger charge is 2.11. The largest absolute Gasteiger partial charge is 0.495 e. The molecule has 0 atom stereocenters. The first-order chi connectivity index (χ1) is 8.89. The first-order valence-corrected chi connectivity index (χ1v) is 7.85. The average molecular weight is 300 g/mol. The zero-order chi connectivity index (χ0) is 14.0. The van der Waals surface area contributed by atoms with Crippen molar-refractivity contribution in [1.29, 1.82) is 0 Å². The third-order valence-corrected chi connectivity index (χ3v) is 3.76. The lowest BCUT2D eigenvalue weighted by Crippen LogP contribution is -2.08. The van der Waals surface area contributed by atoms with Crippen LogP contribution in [0.15, 0.2) is 18.2 Å². The van der Waals surface area contributed by atoms with Gasteiger partial charge in [0.1, 0.15) is 10.8 Å². The van der Waals surface area contributed by atoms with E-state index in [0.717, 1.165) is 23.2 Å². The molecule has 0 saturated carbocycles. The summed E-state index contributed by atoms with van der Waals surface area (Å²) < 4.78 is 29.5. The molecule has 102 valence electrons. The van der Waals surface area contributed by atoms with Crippen LogP contribution in [0.4, 0.5) is 10.8 Å². The number of benzene rings is 1. The van der Waals surface area contributed by atoms with Crippen LogP contribution in [0.25, 0.3) is 10.6 Å². The van der Waals surface area contributed by atoms with Crippen LogP contribution < -0.4 is 15.2 Å². The molecule has 1 heterocycles. The fourth-order valence-corrected chi connectivity index (χ4v) is 2.98. The van der Waals surface area contributed by atoms with Gasteiger partial charge in [0.2, 0.25) is 15.2 Å². The van der Waals surface area contributed by atoms with E-state index in [1.807, 2.05) is 0 Å². The van der Waals surface area contributed by atoms with Gasteiger partial charge in [0, 0.05) is 5.56 Å². The minimum atomic E-state index is -3.35. The van der Waals surface area contributed by atoms with E-state index in [-0.39, 0.29) is 5.13 Å². The molecule has 0 bridgehead atoms. The third-order valence-electron chi connectivity index (χ3n) is 2.17. The average Bonchev–Trinajstić information content (AvgIpc) is 2.75. The Morgan fingerprint density at radius 1 is 1.37 bits per heavy atom. The van der Waals surface area contributed by atoms with Gasteiger partial charge in [-0.2, -0.15) is 0 Å². The van der Waals surface area contributed by atoms with Crippen molar-refractivity contribution in [3.63, 3.8) is 0 Å². The minimum Gasteiger partial charge on any atom is -0.495 e. The summed E-state index contributed by atoms with van der Waals surface area (Å²) in [6, 6.07) is 5.19. The molecular weight excluding hydrogens is 288 g/mol. The standard InChI is InChI=1S/C10H12N4O3S2/c1-17-8-4-3-6(5-7(8)11)9-12-13-10(18-9)14-19(2,15)16/h3-5H,11H2,1-2H3,(H,13,14). The van der Waals surface area contributed by atoms with Crippen molar-refractivity contribution in [3.05, 3.63) is 18.2 Å². The van der Waals surface area contributed by atoms with Gasteiger partial charge in [-0.3, -0.25) is 4.72 Å². The summed E-state index contributed by atoms with van der Waals surface area (Å²) in [6.45, 7) is 0. The van der Waals surface area contributed by atoms with E-state index in [1.54, 1.807) is 18.2 Å². The van der Waals surface area contributed by atoms with Gasteiger partial charge in [-0.15, -0.1) is 10.2 Å². The lowest BCUT2D eigenvalue weighted by Gasteiger charge is -2.04. The van der Waals surface area contributed by atoms with Crippen LogP contribution in [0.5, 0.6) is 5.75 Å². The Morgan fingerprint density at radius 2 is 2.11 bits per heavy atom. The van der Waals surface area contributed by atoms with Crippen molar-refractivity contribution < 1.29 is 13.2 Å². The van der Waals surface area contributed by atoms with Gasteiger partial charge in [-0.1, -0.05) is 11.3 Å². The highest BCUT2D eigenvalue weighted by molar-refractivity contribution is 7.92. The highest BCUT2D eigenvalue weighted by Crippen LogP contribution is 2.31. The number of hydrogen-bond acceptors (Lipinski definition) is 7. The zero-order valence-corrected chi connectivity index (χ0v) is 11.9. The van der Waals surface area contributed by atoms with E-state index in [2.05, 4.69) is 14.9 Å². The molecule has 0 amide bonds. The molecule has 9 heteroatoms. The Balaban J connectivity index is 2.30. The predicted molar refractivity (Wildman–Crippen MR) is 74.8 cm³/mol. The van der Waals surface area contributed by atoms with Gasteiger partial charge < -0.3 is 10.5 Å². The Kier molecular flexibility index (Phi) is 3.58. The Labute approximate surface area is 114 Å². The van der Waals surface area contributed by atoms with Crippen molar-refractivity contribution in [2.75, 3.05) is 23.8 Å². The molecule has 0 spiro atoms. The molecule has 2 aromatic rings. The molecule has 0 fully saturated rings. The van der Waals surface area contributed by atoms with Crippen LogP contribution >= 0.6 is 11.3 Å². The predicted octanol–water partition coefficient (Wildman–Crippen LogP) is 1.17. The summed E-state index contributed by atoms with van der Waals surface area (Å²) in [6.07, 6.45) is 1.06. The first kappa shape index (κ1) is 13.6. The van der Waals surface area contributed by atoms with Gasteiger partial charge in [0.15, 0.2) is 0 Å². The summed E-state index contributed by atoms with van der Waals surface area (Å²) in [4.78, 5) is 0. The molecule has 1 aromatic carbocycles. The van der Waals surface area contributed by atoms with Crippen LogP contribution in [-0.4, -0.2) is 32.0 Å². The van der Waals surface area contributed by atoms with Crippen LogP contribution in [-0.2, 0) is 10.0 Å². The van der Waals surface area contributed by atoms with E-state index < -0.39 is 10.0 Å². The molecule has 0 unspecified atom stereocenters. The minimum absolute atomic E-state index is 0.215. The maximum absolute atomic E-state index is 11.1. The number of ether oxygens (including phenoxy) is 1. The van der Waals surface area contributed by atoms with Crippen molar-refractivity contribution in [2.24, 2.45) is 0 Å². The Hall–Kier alpha value is -1.87. The molecule has 0 saturated heterocycles. The topological polar surface area (TPSA) is 107 Å². The molecule has 0 aliphatic carbocycles. The van der Waals surface area contributed by atoms with Crippen molar-refractivity contribution in [3.8, 4) is 16.3 Å². The SMILES string of the molecule is COc1ccc(-c2nnc(NS(C)(=O)=O)s2)cc1N. The lowest BCUT2D eigenvalue weighted by molar-refractivity contribution is 0.417. The number of nitrogens with two attached hydrogens (primary N) is 1. The molecular formula is C10H12N4O3S2. The van der Waals surface area contributed by atoms with Gasteiger partial charge in [0.25, 0.3) is 0 Å². The quantitative estimate of drug-likeness (QED) is 0.821. The molecule has 3 N–H and O–H groups in total. The number of nitrogens with one attached hydrogen (secondary N) is 1. The number of methoxy groups -OCH3 is 1. The van der Waals surface area contributed by atoms with Crippen LogP contribution in [0.3, 0.4) is 0 Å². The molecule has 0 radical (unpaired) electrons. The van der Waals surface area contributed by atoms with Crippen molar-refractivity contribution >= 4 is 32.2 Å². The summed E-state index contributed by atoms with van der Waals surface area (Å²) in [5.41, 5.74) is 7.02.